The second kappa shape index (κ2) is 5.44. The van der Waals surface area contributed by atoms with Gasteiger partial charge in [-0.25, -0.2) is 4.98 Å². The molecular formula is C13H17N3S. The summed E-state index contributed by atoms with van der Waals surface area (Å²) < 4.78 is 0. The second-order valence-corrected chi connectivity index (χ2v) is 5.56. The standard InChI is InChI=1S/C13H17N3S/c1-9(7-14)8-15-10(2)13-16-11-5-3-4-6-12(11)17-13/h10,15H,1,3-6,8H2,2H3. The van der Waals surface area contributed by atoms with Gasteiger partial charge in [-0.05, 0) is 32.6 Å². The summed E-state index contributed by atoms with van der Waals surface area (Å²) in [5.74, 6) is 0. The number of aryl methyl sites for hydroxylation is 2. The van der Waals surface area contributed by atoms with Gasteiger partial charge < -0.3 is 5.32 Å². The van der Waals surface area contributed by atoms with Crippen LogP contribution in [0.5, 0.6) is 0 Å². The summed E-state index contributed by atoms with van der Waals surface area (Å²) in [6.45, 7) is 6.30. The molecule has 0 fully saturated rings. The van der Waals surface area contributed by atoms with Crippen molar-refractivity contribution in [1.82, 2.24) is 10.3 Å². The van der Waals surface area contributed by atoms with Crippen molar-refractivity contribution in [1.29, 1.82) is 5.26 Å². The van der Waals surface area contributed by atoms with Gasteiger partial charge in [0.25, 0.3) is 0 Å². The molecule has 2 rings (SSSR count). The van der Waals surface area contributed by atoms with Gasteiger partial charge in [-0.1, -0.05) is 6.58 Å². The Bertz CT molecular complexity index is 432. The Labute approximate surface area is 106 Å². The molecule has 3 nitrogen and oxygen atoms in total. The predicted octanol–water partition coefficient (Wildman–Crippen LogP) is 2.75. The highest BCUT2D eigenvalue weighted by molar-refractivity contribution is 7.11. The van der Waals surface area contributed by atoms with Gasteiger partial charge in [0.05, 0.1) is 17.8 Å². The van der Waals surface area contributed by atoms with E-state index in [-0.39, 0.29) is 6.04 Å². The first-order chi connectivity index (χ1) is 8.20. The Hall–Kier alpha value is -1.18. The van der Waals surface area contributed by atoms with Crippen LogP contribution in [0, 0.1) is 11.3 Å². The van der Waals surface area contributed by atoms with Gasteiger partial charge in [-0.3, -0.25) is 0 Å². The number of thiazole rings is 1. The average Bonchev–Trinajstić information content (AvgIpc) is 2.79. The molecule has 0 aromatic carbocycles. The number of nitrogens with one attached hydrogen (secondary N) is 1. The van der Waals surface area contributed by atoms with Crippen LogP contribution in [0.25, 0.3) is 0 Å². The number of rotatable bonds is 4. The maximum absolute atomic E-state index is 8.65. The Morgan fingerprint density at radius 1 is 1.59 bits per heavy atom. The van der Waals surface area contributed by atoms with Gasteiger partial charge in [-0.15, -0.1) is 11.3 Å². The number of aromatic nitrogens is 1. The van der Waals surface area contributed by atoms with Crippen molar-refractivity contribution in [2.75, 3.05) is 6.54 Å². The minimum atomic E-state index is 0.204. The minimum Gasteiger partial charge on any atom is -0.303 e. The fourth-order valence-corrected chi connectivity index (χ4v) is 3.14. The smallest absolute Gasteiger partial charge is 0.110 e. The van der Waals surface area contributed by atoms with Crippen molar-refractivity contribution in [2.24, 2.45) is 0 Å². The lowest BCUT2D eigenvalue weighted by Crippen LogP contribution is -2.20. The van der Waals surface area contributed by atoms with E-state index in [0.29, 0.717) is 12.1 Å². The molecule has 1 aromatic heterocycles. The van der Waals surface area contributed by atoms with E-state index >= 15 is 0 Å². The summed E-state index contributed by atoms with van der Waals surface area (Å²) in [4.78, 5) is 6.16. The molecule has 17 heavy (non-hydrogen) atoms. The molecular weight excluding hydrogens is 230 g/mol. The molecule has 0 spiro atoms. The van der Waals surface area contributed by atoms with Crippen LogP contribution in [-0.4, -0.2) is 11.5 Å². The second-order valence-electron chi connectivity index (χ2n) is 4.45. The molecule has 0 amide bonds. The van der Waals surface area contributed by atoms with Crippen molar-refractivity contribution in [2.45, 2.75) is 38.6 Å². The summed E-state index contributed by atoms with van der Waals surface area (Å²) in [5, 5.41) is 13.1. The van der Waals surface area contributed by atoms with Crippen LogP contribution in [0.4, 0.5) is 0 Å². The first kappa shape index (κ1) is 12.3. The monoisotopic (exact) mass is 247 g/mol. The minimum absolute atomic E-state index is 0.204. The zero-order chi connectivity index (χ0) is 12.3. The average molecular weight is 247 g/mol. The molecule has 1 atom stereocenters. The first-order valence-electron chi connectivity index (χ1n) is 6.00. The summed E-state index contributed by atoms with van der Waals surface area (Å²) >= 11 is 1.82. The molecule has 1 heterocycles. The van der Waals surface area contributed by atoms with Gasteiger partial charge in [0.1, 0.15) is 5.01 Å². The lowest BCUT2D eigenvalue weighted by Gasteiger charge is -2.09. The lowest BCUT2D eigenvalue weighted by atomic mass is 10.0. The topological polar surface area (TPSA) is 48.7 Å². The van der Waals surface area contributed by atoms with Gasteiger partial charge in [0.2, 0.25) is 0 Å². The normalized spacial score (nSPS) is 16.0. The van der Waals surface area contributed by atoms with E-state index in [9.17, 15) is 0 Å². The number of nitriles is 1. The Morgan fingerprint density at radius 2 is 2.35 bits per heavy atom. The van der Waals surface area contributed by atoms with Crippen molar-refractivity contribution in [3.8, 4) is 6.07 Å². The van der Waals surface area contributed by atoms with E-state index in [1.165, 1.54) is 29.8 Å². The van der Waals surface area contributed by atoms with Crippen LogP contribution in [0.2, 0.25) is 0 Å². The van der Waals surface area contributed by atoms with Gasteiger partial charge >= 0.3 is 0 Å². The van der Waals surface area contributed by atoms with E-state index in [4.69, 9.17) is 10.2 Å². The zero-order valence-corrected chi connectivity index (χ0v) is 10.9. The van der Waals surface area contributed by atoms with Crippen molar-refractivity contribution in [3.05, 3.63) is 27.7 Å². The molecule has 1 aliphatic rings. The van der Waals surface area contributed by atoms with Gasteiger partial charge in [0.15, 0.2) is 0 Å². The van der Waals surface area contributed by atoms with Crippen LogP contribution in [-0.2, 0) is 12.8 Å². The summed E-state index contributed by atoms with van der Waals surface area (Å²) in [6.07, 6.45) is 4.87. The highest BCUT2D eigenvalue weighted by Gasteiger charge is 2.18. The van der Waals surface area contributed by atoms with Crippen LogP contribution in [0.15, 0.2) is 12.2 Å². The first-order valence-corrected chi connectivity index (χ1v) is 6.82. The molecule has 1 aliphatic carbocycles. The van der Waals surface area contributed by atoms with Crippen molar-refractivity contribution >= 4 is 11.3 Å². The van der Waals surface area contributed by atoms with E-state index in [1.54, 1.807) is 0 Å². The SMILES string of the molecule is C=C(C#N)CNC(C)c1nc2c(s1)CCCC2. The fourth-order valence-electron chi connectivity index (χ4n) is 1.96. The quantitative estimate of drug-likeness (QED) is 0.832. The molecule has 0 saturated heterocycles. The highest BCUT2D eigenvalue weighted by Crippen LogP contribution is 2.29. The molecule has 0 saturated carbocycles. The Morgan fingerprint density at radius 3 is 3.06 bits per heavy atom. The zero-order valence-electron chi connectivity index (χ0n) is 10.1. The van der Waals surface area contributed by atoms with Crippen molar-refractivity contribution < 1.29 is 0 Å². The van der Waals surface area contributed by atoms with E-state index in [2.05, 4.69) is 18.8 Å². The van der Waals surface area contributed by atoms with Crippen LogP contribution >= 0.6 is 11.3 Å². The Balaban J connectivity index is 1.99. The summed E-state index contributed by atoms with van der Waals surface area (Å²) in [6, 6.07) is 2.25. The predicted molar refractivity (Wildman–Crippen MR) is 69.9 cm³/mol. The number of nitrogens with zero attached hydrogens (tertiary/aromatic N) is 2. The third-order valence-electron chi connectivity index (χ3n) is 3.01. The van der Waals surface area contributed by atoms with Crippen LogP contribution < -0.4 is 5.32 Å². The van der Waals surface area contributed by atoms with Gasteiger partial charge in [-0.2, -0.15) is 5.26 Å². The summed E-state index contributed by atoms with van der Waals surface area (Å²) in [7, 11) is 0. The highest BCUT2D eigenvalue weighted by atomic mass is 32.1. The molecule has 0 aliphatic heterocycles. The fraction of sp³-hybridized carbons (Fsp3) is 0.538. The molecule has 0 radical (unpaired) electrons. The number of hydrogen-bond donors (Lipinski definition) is 1. The third-order valence-corrected chi connectivity index (χ3v) is 4.35. The number of hydrogen-bond acceptors (Lipinski definition) is 4. The van der Waals surface area contributed by atoms with E-state index in [1.807, 2.05) is 17.4 Å². The van der Waals surface area contributed by atoms with Crippen LogP contribution in [0.3, 0.4) is 0 Å². The molecule has 1 aromatic rings. The maximum atomic E-state index is 8.65. The molecule has 4 heteroatoms. The van der Waals surface area contributed by atoms with Crippen LogP contribution in [0.1, 0.15) is 41.4 Å². The Kier molecular flexibility index (Phi) is 3.93. The third kappa shape index (κ3) is 2.93. The largest absolute Gasteiger partial charge is 0.303 e. The van der Waals surface area contributed by atoms with E-state index in [0.717, 1.165) is 11.4 Å². The lowest BCUT2D eigenvalue weighted by molar-refractivity contribution is 0.603. The molecule has 0 bridgehead atoms. The van der Waals surface area contributed by atoms with Gasteiger partial charge in [0, 0.05) is 17.0 Å². The van der Waals surface area contributed by atoms with Crippen molar-refractivity contribution in [3.63, 3.8) is 0 Å². The summed E-state index contributed by atoms with van der Waals surface area (Å²) in [5.41, 5.74) is 1.86. The molecule has 1 N–H and O–H groups in total. The number of fused-ring (bicyclic) bond motifs is 1. The van der Waals surface area contributed by atoms with E-state index < -0.39 is 0 Å². The molecule has 90 valence electrons. The maximum Gasteiger partial charge on any atom is 0.110 e. The molecule has 1 unspecified atom stereocenters.